The van der Waals surface area contributed by atoms with E-state index in [2.05, 4.69) is 0 Å². The summed E-state index contributed by atoms with van der Waals surface area (Å²) < 4.78 is 0. The van der Waals surface area contributed by atoms with Gasteiger partial charge >= 0.3 is 0 Å². The third kappa shape index (κ3) is 3.85. The maximum atomic E-state index is 13.1. The number of thioether (sulfide) groups is 1. The molecule has 0 aliphatic carbocycles. The van der Waals surface area contributed by atoms with Crippen molar-refractivity contribution in [3.8, 4) is 6.07 Å². The van der Waals surface area contributed by atoms with Gasteiger partial charge in [0.15, 0.2) is 0 Å². The van der Waals surface area contributed by atoms with Crippen LogP contribution in [0.25, 0.3) is 0 Å². The van der Waals surface area contributed by atoms with Crippen molar-refractivity contribution < 1.29 is 9.59 Å². The second-order valence-corrected chi connectivity index (χ2v) is 7.67. The van der Waals surface area contributed by atoms with E-state index in [1.807, 2.05) is 37.3 Å². The van der Waals surface area contributed by atoms with Crippen LogP contribution in [-0.4, -0.2) is 17.1 Å². The van der Waals surface area contributed by atoms with Gasteiger partial charge in [-0.25, -0.2) is 0 Å². The van der Waals surface area contributed by atoms with Crippen LogP contribution >= 0.6 is 23.4 Å². The van der Waals surface area contributed by atoms with Crippen molar-refractivity contribution >= 4 is 40.9 Å². The number of hydrogen-bond acceptors (Lipinski definition) is 4. The lowest BCUT2D eigenvalue weighted by molar-refractivity contribution is -0.117. The molecular weight excluding hydrogens is 382 g/mol. The van der Waals surface area contributed by atoms with Crippen molar-refractivity contribution in [1.29, 1.82) is 5.26 Å². The number of nitrogens with zero attached hydrogens (tertiary/aromatic N) is 2. The van der Waals surface area contributed by atoms with Gasteiger partial charge in [0.05, 0.1) is 5.25 Å². The Balaban J connectivity index is 2.05. The normalized spacial score (nSPS) is 18.3. The minimum Gasteiger partial charge on any atom is -0.365 e. The molecule has 7 heteroatoms. The molecule has 3 rings (SSSR count). The minimum absolute atomic E-state index is 0.199. The molecule has 0 aromatic heterocycles. The molecule has 2 aromatic carbocycles. The van der Waals surface area contributed by atoms with E-state index in [4.69, 9.17) is 17.3 Å². The highest BCUT2D eigenvalue weighted by Gasteiger charge is 2.40. The molecule has 1 saturated heterocycles. The van der Waals surface area contributed by atoms with Crippen LogP contribution < -0.4 is 10.6 Å². The summed E-state index contributed by atoms with van der Waals surface area (Å²) in [4.78, 5) is 26.3. The summed E-state index contributed by atoms with van der Waals surface area (Å²) in [6.45, 7) is 1.98. The second kappa shape index (κ2) is 7.87. The lowest BCUT2D eigenvalue weighted by Gasteiger charge is -2.18. The Morgan fingerprint density at radius 2 is 1.93 bits per heavy atom. The summed E-state index contributed by atoms with van der Waals surface area (Å²) in [5, 5.41) is 9.72. The first-order valence-electron chi connectivity index (χ1n) is 8.17. The Labute approximate surface area is 166 Å². The summed E-state index contributed by atoms with van der Waals surface area (Å²) in [7, 11) is 0. The number of carbonyl (C=O) groups excluding carboxylic acids is 2. The van der Waals surface area contributed by atoms with Gasteiger partial charge in [0.25, 0.3) is 5.91 Å². The summed E-state index contributed by atoms with van der Waals surface area (Å²) in [6.07, 6.45) is 0.487. The molecule has 0 spiro atoms. The predicted octanol–water partition coefficient (Wildman–Crippen LogP) is 3.56. The average molecular weight is 398 g/mol. The van der Waals surface area contributed by atoms with Crippen LogP contribution in [0.4, 0.5) is 5.69 Å². The molecule has 1 atom stereocenters. The third-order valence-corrected chi connectivity index (χ3v) is 5.79. The highest BCUT2D eigenvalue weighted by atomic mass is 35.5. The van der Waals surface area contributed by atoms with Gasteiger partial charge in [-0.3, -0.25) is 14.5 Å². The molecule has 2 aromatic rings. The van der Waals surface area contributed by atoms with E-state index < -0.39 is 11.2 Å². The maximum Gasteiger partial charge on any atom is 0.262 e. The number of aryl methyl sites for hydroxylation is 1. The van der Waals surface area contributed by atoms with E-state index in [1.165, 1.54) is 16.7 Å². The number of hydrogen-bond donors (Lipinski definition) is 1. The molecule has 5 nitrogen and oxygen atoms in total. The highest BCUT2D eigenvalue weighted by Crippen LogP contribution is 2.42. The number of carbonyl (C=O) groups is 2. The van der Waals surface area contributed by atoms with Gasteiger partial charge in [-0.2, -0.15) is 5.26 Å². The number of rotatable bonds is 4. The SMILES string of the molecule is Cc1ccccc1C[C@@H]1S/C(=C(/C#N)C(N)=O)N(c2ccc(Cl)cc2)C1=O. The van der Waals surface area contributed by atoms with Crippen molar-refractivity contribution in [3.05, 3.63) is 75.3 Å². The molecule has 1 aliphatic heterocycles. The van der Waals surface area contributed by atoms with Gasteiger partial charge in [-0.1, -0.05) is 47.6 Å². The van der Waals surface area contributed by atoms with Gasteiger partial charge < -0.3 is 5.73 Å². The molecule has 0 unspecified atom stereocenters. The fraction of sp³-hybridized carbons (Fsp3) is 0.150. The Hall–Kier alpha value is -2.75. The molecule has 0 radical (unpaired) electrons. The lowest BCUT2D eigenvalue weighted by Crippen LogP contribution is -2.31. The Bertz CT molecular complexity index is 979. The van der Waals surface area contributed by atoms with Crippen molar-refractivity contribution in [2.75, 3.05) is 4.90 Å². The molecule has 2 N–H and O–H groups in total. The number of nitriles is 1. The Kier molecular flexibility index (Phi) is 5.54. The fourth-order valence-electron chi connectivity index (χ4n) is 2.86. The van der Waals surface area contributed by atoms with Gasteiger partial charge in [0, 0.05) is 10.7 Å². The van der Waals surface area contributed by atoms with E-state index in [9.17, 15) is 14.9 Å². The van der Waals surface area contributed by atoms with E-state index in [-0.39, 0.29) is 16.5 Å². The van der Waals surface area contributed by atoms with Gasteiger partial charge in [-0.05, 0) is 48.7 Å². The fourth-order valence-corrected chi connectivity index (χ4v) is 4.29. The van der Waals surface area contributed by atoms with Crippen LogP contribution in [0.1, 0.15) is 11.1 Å². The summed E-state index contributed by atoms with van der Waals surface area (Å²) >= 11 is 7.13. The smallest absolute Gasteiger partial charge is 0.262 e. The number of anilines is 1. The number of amides is 2. The maximum absolute atomic E-state index is 13.1. The monoisotopic (exact) mass is 397 g/mol. The van der Waals surface area contributed by atoms with Crippen LogP contribution in [0.3, 0.4) is 0 Å². The van der Waals surface area contributed by atoms with Crippen molar-refractivity contribution in [2.24, 2.45) is 5.73 Å². The molecule has 0 saturated carbocycles. The largest absolute Gasteiger partial charge is 0.365 e. The van der Waals surface area contributed by atoms with Crippen LogP contribution in [0, 0.1) is 18.3 Å². The van der Waals surface area contributed by atoms with Crippen LogP contribution in [0.15, 0.2) is 59.1 Å². The van der Waals surface area contributed by atoms with Crippen molar-refractivity contribution in [2.45, 2.75) is 18.6 Å². The molecule has 0 bridgehead atoms. The van der Waals surface area contributed by atoms with Crippen LogP contribution in [0.2, 0.25) is 5.02 Å². The van der Waals surface area contributed by atoms with E-state index in [0.717, 1.165) is 11.1 Å². The minimum atomic E-state index is -0.858. The summed E-state index contributed by atoms with van der Waals surface area (Å²) in [5.41, 5.74) is 7.80. The first-order valence-corrected chi connectivity index (χ1v) is 9.43. The van der Waals surface area contributed by atoms with E-state index >= 15 is 0 Å². The van der Waals surface area contributed by atoms with Crippen molar-refractivity contribution in [3.63, 3.8) is 0 Å². The molecule has 1 aliphatic rings. The zero-order chi connectivity index (χ0) is 19.6. The van der Waals surface area contributed by atoms with E-state index in [1.54, 1.807) is 24.3 Å². The molecule has 1 fully saturated rings. The summed E-state index contributed by atoms with van der Waals surface area (Å²) in [6, 6.07) is 16.3. The van der Waals surface area contributed by atoms with Crippen LogP contribution in [0.5, 0.6) is 0 Å². The first-order chi connectivity index (χ1) is 12.9. The van der Waals surface area contributed by atoms with Crippen molar-refractivity contribution in [1.82, 2.24) is 0 Å². The van der Waals surface area contributed by atoms with Gasteiger partial charge in [0.2, 0.25) is 5.91 Å². The highest BCUT2D eigenvalue weighted by molar-refractivity contribution is 8.05. The first kappa shape index (κ1) is 19.0. The van der Waals surface area contributed by atoms with Gasteiger partial charge in [-0.15, -0.1) is 0 Å². The number of halogens is 1. The van der Waals surface area contributed by atoms with Gasteiger partial charge in [0.1, 0.15) is 16.7 Å². The Morgan fingerprint density at radius 3 is 2.52 bits per heavy atom. The van der Waals surface area contributed by atoms with E-state index in [0.29, 0.717) is 17.1 Å². The molecule has 1 heterocycles. The molecular formula is C20H16ClN3O2S. The Morgan fingerprint density at radius 1 is 1.26 bits per heavy atom. The standard InChI is InChI=1S/C20H16ClN3O2S/c1-12-4-2-3-5-13(12)10-17-19(26)24(15-8-6-14(21)7-9-15)20(27-17)16(11-22)18(23)25/h2-9,17H,10H2,1H3,(H2,23,25)/b20-16-/t17-/m0/s1. The predicted molar refractivity (Wildman–Crippen MR) is 107 cm³/mol. The number of nitrogens with two attached hydrogens (primary N) is 1. The molecule has 2 amide bonds. The lowest BCUT2D eigenvalue weighted by atomic mass is 10.0. The zero-order valence-corrected chi connectivity index (χ0v) is 16.1. The summed E-state index contributed by atoms with van der Waals surface area (Å²) in [5.74, 6) is -1.06. The average Bonchev–Trinajstić information content (AvgIpc) is 2.94. The van der Waals surface area contributed by atoms with Crippen LogP contribution in [-0.2, 0) is 16.0 Å². The third-order valence-electron chi connectivity index (χ3n) is 4.28. The number of primary amides is 1. The number of benzene rings is 2. The second-order valence-electron chi connectivity index (χ2n) is 6.04. The zero-order valence-electron chi connectivity index (χ0n) is 14.5. The molecule has 27 heavy (non-hydrogen) atoms. The molecule has 136 valence electrons. The topological polar surface area (TPSA) is 87.2 Å². The quantitative estimate of drug-likeness (QED) is 0.631.